The summed E-state index contributed by atoms with van der Waals surface area (Å²) < 4.78 is 48.8. The lowest BCUT2D eigenvalue weighted by Gasteiger charge is -2.12. The maximum atomic E-state index is 12.8. The molecule has 0 unspecified atom stereocenters. The first-order chi connectivity index (χ1) is 16.1. The van der Waals surface area contributed by atoms with Gasteiger partial charge in [0.2, 0.25) is 5.76 Å². The SMILES string of the molecule is CCOC(=O)c1ccc(CNc2nc(C(C)C)nc(C)c2C#Cc2ccc(C(F)(F)F)cc2)o1. The van der Waals surface area contributed by atoms with Crippen LogP contribution in [0.3, 0.4) is 0 Å². The van der Waals surface area contributed by atoms with Gasteiger partial charge in [0.1, 0.15) is 17.4 Å². The summed E-state index contributed by atoms with van der Waals surface area (Å²) >= 11 is 0. The fourth-order valence-electron chi connectivity index (χ4n) is 2.96. The molecule has 0 spiro atoms. The zero-order chi connectivity index (χ0) is 24.9. The van der Waals surface area contributed by atoms with Gasteiger partial charge in [0, 0.05) is 11.5 Å². The number of carbonyl (C=O) groups excluding carboxylic acids is 1. The molecule has 0 fully saturated rings. The van der Waals surface area contributed by atoms with Crippen LogP contribution in [-0.2, 0) is 17.5 Å². The van der Waals surface area contributed by atoms with Crippen molar-refractivity contribution in [3.05, 3.63) is 76.1 Å². The summed E-state index contributed by atoms with van der Waals surface area (Å²) in [7, 11) is 0. The third-order valence-corrected chi connectivity index (χ3v) is 4.74. The quantitative estimate of drug-likeness (QED) is 0.367. The van der Waals surface area contributed by atoms with Crippen LogP contribution in [-0.4, -0.2) is 22.5 Å². The van der Waals surface area contributed by atoms with Crippen LogP contribution in [0.2, 0.25) is 0 Å². The highest BCUT2D eigenvalue weighted by atomic mass is 19.4. The van der Waals surface area contributed by atoms with E-state index in [4.69, 9.17) is 9.15 Å². The van der Waals surface area contributed by atoms with Crippen molar-refractivity contribution >= 4 is 11.8 Å². The molecule has 0 aliphatic rings. The summed E-state index contributed by atoms with van der Waals surface area (Å²) in [5, 5.41) is 3.17. The monoisotopic (exact) mass is 471 g/mol. The molecule has 6 nitrogen and oxygen atoms in total. The predicted molar refractivity (Wildman–Crippen MR) is 120 cm³/mol. The van der Waals surface area contributed by atoms with Gasteiger partial charge in [-0.15, -0.1) is 0 Å². The van der Waals surface area contributed by atoms with Crippen LogP contribution >= 0.6 is 0 Å². The topological polar surface area (TPSA) is 77.2 Å². The first kappa shape index (κ1) is 24.8. The van der Waals surface area contributed by atoms with Crippen molar-refractivity contribution < 1.29 is 27.1 Å². The molecule has 0 saturated heterocycles. The van der Waals surface area contributed by atoms with Gasteiger partial charge in [0.05, 0.1) is 30.0 Å². The fraction of sp³-hybridized carbons (Fsp3) is 0.320. The van der Waals surface area contributed by atoms with E-state index >= 15 is 0 Å². The Morgan fingerprint density at radius 1 is 1.12 bits per heavy atom. The highest BCUT2D eigenvalue weighted by Crippen LogP contribution is 2.29. The summed E-state index contributed by atoms with van der Waals surface area (Å²) in [5.74, 6) is 7.05. The Kier molecular flexibility index (Phi) is 7.61. The highest BCUT2D eigenvalue weighted by Gasteiger charge is 2.29. The van der Waals surface area contributed by atoms with E-state index in [1.165, 1.54) is 18.2 Å². The average Bonchev–Trinajstić information content (AvgIpc) is 3.26. The molecular weight excluding hydrogens is 447 g/mol. The van der Waals surface area contributed by atoms with Gasteiger partial charge >= 0.3 is 12.1 Å². The molecule has 1 N–H and O–H groups in total. The summed E-state index contributed by atoms with van der Waals surface area (Å²) in [6, 6.07) is 7.82. The standard InChI is InChI=1S/C25H24F3N3O3/c1-5-33-24(32)21-13-11-19(34-21)14-29-23-20(16(4)30-22(31-23)15(2)3)12-8-17-6-9-18(10-7-17)25(26,27)28/h6-7,9-11,13,15H,5,14H2,1-4H3,(H,29,30,31). The number of benzene rings is 1. The minimum absolute atomic E-state index is 0.0650. The van der Waals surface area contributed by atoms with Crippen molar-refractivity contribution in [1.29, 1.82) is 0 Å². The molecule has 0 aliphatic carbocycles. The molecular formula is C25H24F3N3O3. The van der Waals surface area contributed by atoms with Gasteiger partial charge < -0.3 is 14.5 Å². The molecule has 9 heteroatoms. The average molecular weight is 471 g/mol. The van der Waals surface area contributed by atoms with Crippen LogP contribution < -0.4 is 5.32 Å². The van der Waals surface area contributed by atoms with E-state index in [0.29, 0.717) is 34.2 Å². The Morgan fingerprint density at radius 2 is 1.82 bits per heavy atom. The number of esters is 1. The number of nitrogens with zero attached hydrogens (tertiary/aromatic N) is 2. The van der Waals surface area contributed by atoms with E-state index in [-0.39, 0.29) is 24.8 Å². The van der Waals surface area contributed by atoms with E-state index in [9.17, 15) is 18.0 Å². The van der Waals surface area contributed by atoms with E-state index in [1.54, 1.807) is 19.9 Å². The number of nitrogens with one attached hydrogen (secondary N) is 1. The molecule has 1 aromatic carbocycles. The predicted octanol–water partition coefficient (Wildman–Crippen LogP) is 5.71. The van der Waals surface area contributed by atoms with Crippen molar-refractivity contribution in [2.45, 2.75) is 46.3 Å². The Morgan fingerprint density at radius 3 is 2.44 bits per heavy atom. The maximum absolute atomic E-state index is 12.8. The Labute approximate surface area is 195 Å². The number of anilines is 1. The largest absolute Gasteiger partial charge is 0.460 e. The van der Waals surface area contributed by atoms with Crippen molar-refractivity contribution in [3.63, 3.8) is 0 Å². The van der Waals surface area contributed by atoms with E-state index < -0.39 is 17.7 Å². The minimum atomic E-state index is -4.40. The Bertz CT molecular complexity index is 1220. The molecule has 0 atom stereocenters. The molecule has 3 rings (SSSR count). The summed E-state index contributed by atoms with van der Waals surface area (Å²) in [6.45, 7) is 7.89. The Balaban J connectivity index is 1.87. The van der Waals surface area contributed by atoms with E-state index in [0.717, 1.165) is 12.1 Å². The van der Waals surface area contributed by atoms with Gasteiger partial charge in [-0.2, -0.15) is 13.2 Å². The lowest BCUT2D eigenvalue weighted by atomic mass is 10.1. The second kappa shape index (κ2) is 10.4. The number of hydrogen-bond acceptors (Lipinski definition) is 6. The smallest absolute Gasteiger partial charge is 0.416 e. The summed E-state index contributed by atoms with van der Waals surface area (Å²) in [6.07, 6.45) is -4.40. The first-order valence-electron chi connectivity index (χ1n) is 10.7. The van der Waals surface area contributed by atoms with Crippen LogP contribution in [0, 0.1) is 18.8 Å². The van der Waals surface area contributed by atoms with Crippen LogP contribution in [0.1, 0.15) is 71.2 Å². The third-order valence-electron chi connectivity index (χ3n) is 4.74. The minimum Gasteiger partial charge on any atom is -0.460 e. The lowest BCUT2D eigenvalue weighted by Crippen LogP contribution is -2.10. The van der Waals surface area contributed by atoms with Gasteiger partial charge in [-0.3, -0.25) is 0 Å². The molecule has 0 amide bonds. The lowest BCUT2D eigenvalue weighted by molar-refractivity contribution is -0.137. The number of aryl methyl sites for hydroxylation is 1. The zero-order valence-electron chi connectivity index (χ0n) is 19.2. The number of aromatic nitrogens is 2. The first-order valence-corrected chi connectivity index (χ1v) is 10.7. The van der Waals surface area contributed by atoms with Gasteiger partial charge in [0.25, 0.3) is 0 Å². The van der Waals surface area contributed by atoms with Gasteiger partial charge in [0.15, 0.2) is 0 Å². The van der Waals surface area contributed by atoms with Crippen molar-refractivity contribution in [2.24, 2.45) is 0 Å². The molecule has 0 bridgehead atoms. The van der Waals surface area contributed by atoms with Crippen LogP contribution in [0.4, 0.5) is 19.0 Å². The number of carbonyl (C=O) groups is 1. The van der Waals surface area contributed by atoms with Crippen molar-refractivity contribution in [3.8, 4) is 11.8 Å². The summed E-state index contributed by atoms with van der Waals surface area (Å²) in [4.78, 5) is 20.9. The maximum Gasteiger partial charge on any atom is 0.416 e. The van der Waals surface area contributed by atoms with Crippen molar-refractivity contribution in [1.82, 2.24) is 9.97 Å². The van der Waals surface area contributed by atoms with E-state index in [2.05, 4.69) is 27.1 Å². The van der Waals surface area contributed by atoms with E-state index in [1.807, 2.05) is 13.8 Å². The number of halogens is 3. The number of ether oxygens (including phenoxy) is 1. The van der Waals surface area contributed by atoms with Gasteiger partial charge in [-0.25, -0.2) is 14.8 Å². The second-order valence-electron chi connectivity index (χ2n) is 7.71. The number of hydrogen-bond donors (Lipinski definition) is 1. The number of rotatable bonds is 6. The molecule has 2 heterocycles. The molecule has 0 radical (unpaired) electrons. The van der Waals surface area contributed by atoms with Crippen LogP contribution in [0.15, 0.2) is 40.8 Å². The zero-order valence-corrected chi connectivity index (χ0v) is 19.2. The van der Waals surface area contributed by atoms with Gasteiger partial charge in [-0.05, 0) is 50.2 Å². The fourth-order valence-corrected chi connectivity index (χ4v) is 2.96. The van der Waals surface area contributed by atoms with Crippen LogP contribution in [0.5, 0.6) is 0 Å². The van der Waals surface area contributed by atoms with Crippen LogP contribution in [0.25, 0.3) is 0 Å². The molecule has 34 heavy (non-hydrogen) atoms. The molecule has 2 aromatic heterocycles. The number of furan rings is 1. The third kappa shape index (κ3) is 6.16. The molecule has 178 valence electrons. The highest BCUT2D eigenvalue weighted by molar-refractivity contribution is 5.86. The molecule has 3 aromatic rings. The number of alkyl halides is 3. The normalized spacial score (nSPS) is 11.2. The Hall–Kier alpha value is -3.80. The second-order valence-corrected chi connectivity index (χ2v) is 7.71. The molecule has 0 aliphatic heterocycles. The molecule has 0 saturated carbocycles. The van der Waals surface area contributed by atoms with Crippen molar-refractivity contribution in [2.75, 3.05) is 11.9 Å². The van der Waals surface area contributed by atoms with Gasteiger partial charge in [-0.1, -0.05) is 25.7 Å². The summed E-state index contributed by atoms with van der Waals surface area (Å²) in [5.41, 5.74) is 0.840.